The molecule has 4 rings (SSSR count). The van der Waals surface area contributed by atoms with Gasteiger partial charge in [0.25, 0.3) is 5.56 Å². The topological polar surface area (TPSA) is 109 Å². The second-order valence-corrected chi connectivity index (χ2v) is 9.57. The van der Waals surface area contributed by atoms with Gasteiger partial charge in [-0.2, -0.15) is 0 Å². The van der Waals surface area contributed by atoms with Gasteiger partial charge in [-0.05, 0) is 42.2 Å². The van der Waals surface area contributed by atoms with Crippen molar-refractivity contribution in [1.82, 2.24) is 14.9 Å². The number of carbonyl (C=O) groups is 2. The first-order valence-corrected chi connectivity index (χ1v) is 12.9. The first-order chi connectivity index (χ1) is 18.4. The van der Waals surface area contributed by atoms with E-state index in [1.807, 2.05) is 48.5 Å². The number of benzene rings is 2. The Kier molecular flexibility index (Phi) is 8.75. The lowest BCUT2D eigenvalue weighted by Crippen LogP contribution is -2.33. The van der Waals surface area contributed by atoms with Crippen LogP contribution in [0.1, 0.15) is 26.4 Å². The molecule has 0 fully saturated rings. The van der Waals surface area contributed by atoms with E-state index in [1.165, 1.54) is 10.9 Å². The van der Waals surface area contributed by atoms with Crippen LogP contribution in [0.2, 0.25) is 0 Å². The molecule has 2 aromatic carbocycles. The molecule has 9 nitrogen and oxygen atoms in total. The number of aromatic nitrogens is 2. The number of aryl methyl sites for hydroxylation is 1. The Balaban J connectivity index is 1.37. The average molecular weight is 536 g/mol. The molecule has 0 radical (unpaired) electrons. The molecule has 0 saturated heterocycles. The Hall–Kier alpha value is -4.18. The van der Waals surface area contributed by atoms with Gasteiger partial charge in [-0.1, -0.05) is 36.4 Å². The fraction of sp³-hybridized carbons (Fsp3) is 0.286. The lowest BCUT2D eigenvalue weighted by atomic mass is 10.1. The van der Waals surface area contributed by atoms with Crippen LogP contribution in [-0.2, 0) is 28.9 Å². The molecule has 1 N–H and O–H groups in total. The fourth-order valence-electron chi connectivity index (χ4n) is 4.03. The van der Waals surface area contributed by atoms with Gasteiger partial charge < -0.3 is 19.5 Å². The second kappa shape index (κ2) is 12.4. The van der Waals surface area contributed by atoms with Crippen molar-refractivity contribution in [3.8, 4) is 11.5 Å². The number of hydrogen-bond donors (Lipinski definition) is 1. The minimum absolute atomic E-state index is 0.181. The summed E-state index contributed by atoms with van der Waals surface area (Å²) in [5.41, 5.74) is 2.18. The number of rotatable bonds is 11. The molecule has 0 aliphatic rings. The standard InChI is InChI=1S/C28H29N3O6S/c1-18-24-26(38-25(18)28(34)37-14-12-19-7-5-4-6-8-19)30-17-31(27(24)33)16-23(32)29-13-11-20-9-10-21(35-2)22(15-20)36-3/h4-10,15,17H,11-14,16H2,1-3H3,(H,29,32). The van der Waals surface area contributed by atoms with E-state index in [2.05, 4.69) is 10.3 Å². The molecule has 10 heteroatoms. The quantitative estimate of drug-likeness (QED) is 0.293. The normalized spacial score (nSPS) is 10.8. The highest BCUT2D eigenvalue weighted by Crippen LogP contribution is 2.28. The zero-order valence-corrected chi connectivity index (χ0v) is 22.3. The highest BCUT2D eigenvalue weighted by Gasteiger charge is 2.21. The van der Waals surface area contributed by atoms with E-state index in [0.29, 0.717) is 51.5 Å². The highest BCUT2D eigenvalue weighted by atomic mass is 32.1. The molecule has 0 bridgehead atoms. The van der Waals surface area contributed by atoms with Gasteiger partial charge >= 0.3 is 5.97 Å². The number of esters is 1. The lowest BCUT2D eigenvalue weighted by Gasteiger charge is -2.10. The second-order valence-electron chi connectivity index (χ2n) is 8.57. The van der Waals surface area contributed by atoms with Crippen molar-refractivity contribution in [2.75, 3.05) is 27.4 Å². The van der Waals surface area contributed by atoms with Gasteiger partial charge in [0.15, 0.2) is 11.5 Å². The Morgan fingerprint density at radius 2 is 1.76 bits per heavy atom. The van der Waals surface area contributed by atoms with Gasteiger partial charge in [-0.25, -0.2) is 9.78 Å². The van der Waals surface area contributed by atoms with E-state index in [0.717, 1.165) is 22.5 Å². The number of nitrogens with one attached hydrogen (secondary N) is 1. The first kappa shape index (κ1) is 26.9. The zero-order valence-electron chi connectivity index (χ0n) is 21.5. The lowest BCUT2D eigenvalue weighted by molar-refractivity contribution is -0.121. The van der Waals surface area contributed by atoms with Crippen LogP contribution in [0, 0.1) is 6.92 Å². The van der Waals surface area contributed by atoms with Crippen molar-refractivity contribution in [1.29, 1.82) is 0 Å². The van der Waals surface area contributed by atoms with Crippen LogP contribution in [-0.4, -0.2) is 48.8 Å². The van der Waals surface area contributed by atoms with E-state index >= 15 is 0 Å². The number of thiophene rings is 1. The van der Waals surface area contributed by atoms with Crippen LogP contribution in [0.25, 0.3) is 10.2 Å². The smallest absolute Gasteiger partial charge is 0.348 e. The Bertz CT molecular complexity index is 1500. The largest absolute Gasteiger partial charge is 0.493 e. The number of ether oxygens (including phenoxy) is 3. The monoisotopic (exact) mass is 535 g/mol. The van der Waals surface area contributed by atoms with E-state index in [9.17, 15) is 14.4 Å². The predicted molar refractivity (Wildman–Crippen MR) is 145 cm³/mol. The number of carbonyl (C=O) groups excluding carboxylic acids is 2. The molecule has 0 atom stereocenters. The molecule has 0 unspecified atom stereocenters. The molecule has 0 spiro atoms. The number of hydrogen-bond acceptors (Lipinski definition) is 8. The van der Waals surface area contributed by atoms with Crippen LogP contribution in [0.3, 0.4) is 0 Å². The third-order valence-corrected chi connectivity index (χ3v) is 7.25. The third kappa shape index (κ3) is 6.20. The highest BCUT2D eigenvalue weighted by molar-refractivity contribution is 7.20. The van der Waals surface area contributed by atoms with Crippen molar-refractivity contribution in [3.05, 3.63) is 86.8 Å². The number of amides is 1. The fourth-order valence-corrected chi connectivity index (χ4v) is 5.06. The molecule has 2 aromatic heterocycles. The summed E-state index contributed by atoms with van der Waals surface area (Å²) in [5.74, 6) is 0.449. The van der Waals surface area contributed by atoms with E-state index < -0.39 is 5.97 Å². The van der Waals surface area contributed by atoms with Gasteiger partial charge in [-0.15, -0.1) is 11.3 Å². The van der Waals surface area contributed by atoms with E-state index in [1.54, 1.807) is 21.1 Å². The Labute approximate surface area is 224 Å². The van der Waals surface area contributed by atoms with Crippen LogP contribution in [0.5, 0.6) is 11.5 Å². The maximum absolute atomic E-state index is 13.1. The molecule has 1 amide bonds. The van der Waals surface area contributed by atoms with Gasteiger partial charge in [0.05, 0.1) is 32.5 Å². The minimum Gasteiger partial charge on any atom is -0.493 e. The summed E-state index contributed by atoms with van der Waals surface area (Å²) in [6, 6.07) is 15.3. The summed E-state index contributed by atoms with van der Waals surface area (Å²) >= 11 is 1.12. The van der Waals surface area contributed by atoms with Gasteiger partial charge in [0, 0.05) is 13.0 Å². The molecule has 2 heterocycles. The molecule has 0 aliphatic heterocycles. The number of methoxy groups -OCH3 is 2. The summed E-state index contributed by atoms with van der Waals surface area (Å²) in [6.45, 7) is 2.13. The molecule has 198 valence electrons. The molecule has 0 saturated carbocycles. The summed E-state index contributed by atoms with van der Waals surface area (Å²) < 4.78 is 17.2. The Morgan fingerprint density at radius 1 is 1.00 bits per heavy atom. The van der Waals surface area contributed by atoms with Crippen molar-refractivity contribution in [2.24, 2.45) is 0 Å². The summed E-state index contributed by atoms with van der Waals surface area (Å²) in [5, 5.41) is 3.15. The minimum atomic E-state index is -0.486. The van der Waals surface area contributed by atoms with Crippen molar-refractivity contribution in [2.45, 2.75) is 26.3 Å². The van der Waals surface area contributed by atoms with Crippen LogP contribution in [0.4, 0.5) is 0 Å². The molecule has 4 aromatic rings. The van der Waals surface area contributed by atoms with Gasteiger partial charge in [0.2, 0.25) is 5.91 Å². The van der Waals surface area contributed by atoms with Crippen molar-refractivity contribution >= 4 is 33.4 Å². The van der Waals surface area contributed by atoms with E-state index in [-0.39, 0.29) is 24.6 Å². The summed E-state index contributed by atoms with van der Waals surface area (Å²) in [4.78, 5) is 43.4. The molecule has 38 heavy (non-hydrogen) atoms. The zero-order chi connectivity index (χ0) is 27.1. The van der Waals surface area contributed by atoms with Crippen LogP contribution in [0.15, 0.2) is 59.7 Å². The molecular weight excluding hydrogens is 506 g/mol. The number of nitrogens with zero attached hydrogens (tertiary/aromatic N) is 2. The first-order valence-electron chi connectivity index (χ1n) is 12.1. The van der Waals surface area contributed by atoms with E-state index in [4.69, 9.17) is 14.2 Å². The Morgan fingerprint density at radius 3 is 2.50 bits per heavy atom. The van der Waals surface area contributed by atoms with Gasteiger partial charge in [-0.3, -0.25) is 14.2 Å². The predicted octanol–water partition coefficient (Wildman–Crippen LogP) is 3.54. The van der Waals surface area contributed by atoms with Crippen molar-refractivity contribution < 1.29 is 23.8 Å². The third-order valence-electron chi connectivity index (χ3n) is 6.07. The maximum atomic E-state index is 13.1. The molecule has 0 aliphatic carbocycles. The molecular formula is C28H29N3O6S. The van der Waals surface area contributed by atoms with Gasteiger partial charge in [0.1, 0.15) is 16.3 Å². The van der Waals surface area contributed by atoms with Crippen molar-refractivity contribution in [3.63, 3.8) is 0 Å². The summed E-state index contributed by atoms with van der Waals surface area (Å²) in [6.07, 6.45) is 2.51. The SMILES string of the molecule is COc1ccc(CCNC(=O)Cn2cnc3sc(C(=O)OCCc4ccccc4)c(C)c3c2=O)cc1OC. The number of fused-ring (bicyclic) bond motifs is 1. The average Bonchev–Trinajstić information content (AvgIpc) is 3.27. The maximum Gasteiger partial charge on any atom is 0.348 e. The van der Waals surface area contributed by atoms with Crippen LogP contribution >= 0.6 is 11.3 Å². The van der Waals surface area contributed by atoms with Crippen LogP contribution < -0.4 is 20.3 Å². The summed E-state index contributed by atoms with van der Waals surface area (Å²) in [7, 11) is 3.14.